The molecule has 1 aromatic carbocycles. The van der Waals surface area contributed by atoms with Crippen LogP contribution in [0.15, 0.2) is 48.7 Å². The zero-order chi connectivity index (χ0) is 14.8. The monoisotopic (exact) mass is 281 g/mol. The van der Waals surface area contributed by atoms with Gasteiger partial charge in [0, 0.05) is 30.4 Å². The fourth-order valence-electron chi connectivity index (χ4n) is 2.50. The smallest absolute Gasteiger partial charge is 0.227 e. The number of carbonyl (C=O) groups is 2. The third kappa shape index (κ3) is 2.63. The number of hydrogen-bond donors (Lipinski definition) is 1. The first-order chi connectivity index (χ1) is 10.1. The Morgan fingerprint density at radius 2 is 2.00 bits per heavy atom. The highest BCUT2D eigenvalue weighted by molar-refractivity contribution is 6.00. The molecular weight excluding hydrogens is 266 g/mol. The molecule has 2 N–H and O–H groups in total. The Morgan fingerprint density at radius 1 is 1.24 bits per heavy atom. The van der Waals surface area contributed by atoms with E-state index in [1.165, 1.54) is 0 Å². The molecule has 5 nitrogen and oxygen atoms in total. The van der Waals surface area contributed by atoms with Crippen LogP contribution in [0.25, 0.3) is 11.3 Å². The first kappa shape index (κ1) is 13.3. The number of anilines is 1. The Bertz CT molecular complexity index is 685. The number of pyridine rings is 1. The van der Waals surface area contributed by atoms with Crippen LogP contribution in [-0.2, 0) is 9.59 Å². The molecule has 1 aromatic heterocycles. The minimum absolute atomic E-state index is 0.0796. The lowest BCUT2D eigenvalue weighted by Crippen LogP contribution is -2.28. The summed E-state index contributed by atoms with van der Waals surface area (Å²) in [7, 11) is 0. The quantitative estimate of drug-likeness (QED) is 0.928. The van der Waals surface area contributed by atoms with Crippen LogP contribution < -0.4 is 10.6 Å². The SMILES string of the molecule is NC(=O)C1CC(=O)N(c2ccnc(-c3ccccc3)c2)C1. The number of carbonyl (C=O) groups excluding carboxylic acids is 2. The normalized spacial score (nSPS) is 18.0. The van der Waals surface area contributed by atoms with Gasteiger partial charge >= 0.3 is 0 Å². The van der Waals surface area contributed by atoms with E-state index in [4.69, 9.17) is 5.73 Å². The van der Waals surface area contributed by atoms with Gasteiger partial charge in [-0.2, -0.15) is 0 Å². The fourth-order valence-corrected chi connectivity index (χ4v) is 2.50. The topological polar surface area (TPSA) is 76.3 Å². The summed E-state index contributed by atoms with van der Waals surface area (Å²) in [6, 6.07) is 13.4. The molecule has 0 radical (unpaired) electrons. The van der Waals surface area contributed by atoms with Gasteiger partial charge in [-0.1, -0.05) is 30.3 Å². The summed E-state index contributed by atoms with van der Waals surface area (Å²) in [5.74, 6) is -0.918. The van der Waals surface area contributed by atoms with E-state index in [1.807, 2.05) is 36.4 Å². The molecule has 1 aliphatic heterocycles. The molecule has 0 bridgehead atoms. The van der Waals surface area contributed by atoms with E-state index < -0.39 is 11.8 Å². The van der Waals surface area contributed by atoms with Crippen molar-refractivity contribution in [2.75, 3.05) is 11.4 Å². The molecule has 2 heterocycles. The van der Waals surface area contributed by atoms with Crippen molar-refractivity contribution in [3.63, 3.8) is 0 Å². The van der Waals surface area contributed by atoms with E-state index in [2.05, 4.69) is 4.98 Å². The van der Waals surface area contributed by atoms with Crippen molar-refractivity contribution in [2.24, 2.45) is 11.7 Å². The number of aromatic nitrogens is 1. The van der Waals surface area contributed by atoms with E-state index in [1.54, 1.807) is 17.2 Å². The molecule has 1 fully saturated rings. The van der Waals surface area contributed by atoms with Crippen LogP contribution in [0.3, 0.4) is 0 Å². The van der Waals surface area contributed by atoms with Crippen molar-refractivity contribution in [1.29, 1.82) is 0 Å². The summed E-state index contributed by atoms with van der Waals surface area (Å²) < 4.78 is 0. The molecule has 3 rings (SSSR count). The Kier molecular flexibility index (Phi) is 3.39. The lowest BCUT2D eigenvalue weighted by atomic mass is 10.1. The van der Waals surface area contributed by atoms with Crippen molar-refractivity contribution in [2.45, 2.75) is 6.42 Å². The molecule has 1 aliphatic rings. The van der Waals surface area contributed by atoms with Gasteiger partial charge in [-0.15, -0.1) is 0 Å². The van der Waals surface area contributed by atoms with Crippen molar-refractivity contribution >= 4 is 17.5 Å². The van der Waals surface area contributed by atoms with Crippen LogP contribution in [0.4, 0.5) is 5.69 Å². The van der Waals surface area contributed by atoms with Crippen molar-refractivity contribution in [1.82, 2.24) is 4.98 Å². The molecule has 1 saturated heterocycles. The van der Waals surface area contributed by atoms with Crippen LogP contribution in [0.5, 0.6) is 0 Å². The van der Waals surface area contributed by atoms with Crippen LogP contribution in [0.1, 0.15) is 6.42 Å². The van der Waals surface area contributed by atoms with E-state index in [0.29, 0.717) is 6.54 Å². The molecule has 0 spiro atoms. The molecule has 5 heteroatoms. The maximum atomic E-state index is 12.0. The maximum absolute atomic E-state index is 12.0. The molecular formula is C16H15N3O2. The number of nitrogens with zero attached hydrogens (tertiary/aromatic N) is 2. The van der Waals surface area contributed by atoms with E-state index in [0.717, 1.165) is 16.9 Å². The van der Waals surface area contributed by atoms with E-state index in [-0.39, 0.29) is 12.3 Å². The first-order valence-corrected chi connectivity index (χ1v) is 6.76. The fraction of sp³-hybridized carbons (Fsp3) is 0.188. The number of hydrogen-bond acceptors (Lipinski definition) is 3. The third-order valence-electron chi connectivity index (χ3n) is 3.65. The molecule has 1 atom stereocenters. The van der Waals surface area contributed by atoms with Crippen LogP contribution >= 0.6 is 0 Å². The summed E-state index contributed by atoms with van der Waals surface area (Å²) in [6.45, 7) is 0.340. The Morgan fingerprint density at radius 3 is 2.67 bits per heavy atom. The molecule has 21 heavy (non-hydrogen) atoms. The third-order valence-corrected chi connectivity index (χ3v) is 3.65. The maximum Gasteiger partial charge on any atom is 0.227 e. The van der Waals surface area contributed by atoms with E-state index in [9.17, 15) is 9.59 Å². The highest BCUT2D eigenvalue weighted by atomic mass is 16.2. The van der Waals surface area contributed by atoms with Gasteiger partial charge in [-0.05, 0) is 12.1 Å². The molecule has 106 valence electrons. The summed E-state index contributed by atoms with van der Waals surface area (Å²) in [5, 5.41) is 0. The number of nitrogens with two attached hydrogens (primary N) is 1. The van der Waals surface area contributed by atoms with Gasteiger partial charge in [0.1, 0.15) is 0 Å². The lowest BCUT2D eigenvalue weighted by molar-refractivity contribution is -0.123. The average Bonchev–Trinajstić information content (AvgIpc) is 2.91. The summed E-state index contributed by atoms with van der Waals surface area (Å²) in [6.07, 6.45) is 1.85. The first-order valence-electron chi connectivity index (χ1n) is 6.76. The largest absolute Gasteiger partial charge is 0.369 e. The number of amides is 2. The highest BCUT2D eigenvalue weighted by Crippen LogP contribution is 2.27. The van der Waals surface area contributed by atoms with Crippen molar-refractivity contribution < 1.29 is 9.59 Å². The Balaban J connectivity index is 1.90. The standard InChI is InChI=1S/C16H15N3O2/c17-16(21)12-8-15(20)19(10-12)13-6-7-18-14(9-13)11-4-2-1-3-5-11/h1-7,9,12H,8,10H2,(H2,17,21). The molecule has 2 amide bonds. The summed E-state index contributed by atoms with van der Waals surface area (Å²) in [5.41, 5.74) is 7.82. The van der Waals surface area contributed by atoms with Crippen molar-refractivity contribution in [3.8, 4) is 11.3 Å². The Hall–Kier alpha value is -2.69. The van der Waals surface area contributed by atoms with Crippen LogP contribution in [0, 0.1) is 5.92 Å². The van der Waals surface area contributed by atoms with E-state index >= 15 is 0 Å². The van der Waals surface area contributed by atoms with Gasteiger partial charge in [0.05, 0.1) is 11.6 Å². The molecule has 0 saturated carbocycles. The average molecular weight is 281 g/mol. The van der Waals surface area contributed by atoms with Gasteiger partial charge in [0.25, 0.3) is 0 Å². The second kappa shape index (κ2) is 5.36. The zero-order valence-electron chi connectivity index (χ0n) is 11.4. The summed E-state index contributed by atoms with van der Waals surface area (Å²) in [4.78, 5) is 29.2. The summed E-state index contributed by atoms with van der Waals surface area (Å²) >= 11 is 0. The predicted octanol–water partition coefficient (Wildman–Crippen LogP) is 1.59. The van der Waals surface area contributed by atoms with Gasteiger partial charge in [0.15, 0.2) is 0 Å². The van der Waals surface area contributed by atoms with Crippen molar-refractivity contribution in [3.05, 3.63) is 48.7 Å². The van der Waals surface area contributed by atoms with Gasteiger partial charge in [-0.3, -0.25) is 14.6 Å². The molecule has 0 aliphatic carbocycles. The number of primary amides is 1. The van der Waals surface area contributed by atoms with Gasteiger partial charge in [0.2, 0.25) is 11.8 Å². The minimum Gasteiger partial charge on any atom is -0.369 e. The minimum atomic E-state index is -0.428. The second-order valence-corrected chi connectivity index (χ2v) is 5.07. The molecule has 2 aromatic rings. The molecule has 1 unspecified atom stereocenters. The van der Waals surface area contributed by atoms with Gasteiger partial charge in [-0.25, -0.2) is 0 Å². The lowest BCUT2D eigenvalue weighted by Gasteiger charge is -2.16. The zero-order valence-corrected chi connectivity index (χ0v) is 11.4. The Labute approximate surface area is 122 Å². The number of benzene rings is 1. The second-order valence-electron chi connectivity index (χ2n) is 5.07. The van der Waals surface area contributed by atoms with Gasteiger partial charge < -0.3 is 10.6 Å². The predicted molar refractivity (Wildman–Crippen MR) is 79.3 cm³/mol. The number of rotatable bonds is 3. The van der Waals surface area contributed by atoms with Crippen LogP contribution in [0.2, 0.25) is 0 Å². The highest BCUT2D eigenvalue weighted by Gasteiger charge is 2.34. The van der Waals surface area contributed by atoms with Crippen LogP contribution in [-0.4, -0.2) is 23.3 Å².